The van der Waals surface area contributed by atoms with Crippen LogP contribution >= 0.6 is 0 Å². The van der Waals surface area contributed by atoms with Crippen LogP contribution in [0.15, 0.2) is 60.9 Å². The monoisotopic (exact) mass is 743 g/mol. The van der Waals surface area contributed by atoms with Crippen molar-refractivity contribution in [2.45, 2.75) is 65.2 Å². The molecule has 0 amide bonds. The second-order valence-electron chi connectivity index (χ2n) is 11.8. The van der Waals surface area contributed by atoms with Crippen molar-refractivity contribution >= 4 is 11.9 Å². The predicted molar refractivity (Wildman–Crippen MR) is 174 cm³/mol. The molecule has 0 atom stereocenters. The second kappa shape index (κ2) is 18.0. The molecule has 52 heavy (non-hydrogen) atoms. The van der Waals surface area contributed by atoms with E-state index in [1.54, 1.807) is 18.2 Å². The van der Waals surface area contributed by atoms with Gasteiger partial charge in [0.15, 0.2) is 17.2 Å². The first-order valence-corrected chi connectivity index (χ1v) is 15.7. The maximum absolute atomic E-state index is 13.8. The predicted octanol–water partition coefficient (Wildman–Crippen LogP) is 4.41. The zero-order valence-corrected chi connectivity index (χ0v) is 31.4. The first-order valence-electron chi connectivity index (χ1n) is 15.7. The van der Waals surface area contributed by atoms with Gasteiger partial charge in [-0.1, -0.05) is 11.6 Å². The quantitative estimate of drug-likeness (QED) is 0.0995. The van der Waals surface area contributed by atoms with Crippen molar-refractivity contribution in [3.05, 3.63) is 88.7 Å². The number of alkyl halides is 6. The van der Waals surface area contributed by atoms with Gasteiger partial charge in [0.1, 0.15) is 5.75 Å². The largest absolute Gasteiger partial charge is 1.00 e. The third-order valence-electron chi connectivity index (χ3n) is 7.47. The van der Waals surface area contributed by atoms with Gasteiger partial charge in [0.25, 0.3) is 0 Å². The fraction of sp³-hybridized carbons (Fsp3) is 0.361. The van der Waals surface area contributed by atoms with Gasteiger partial charge >= 0.3 is 41.9 Å². The minimum Gasteiger partial charge on any atom is -0.550 e. The molecule has 274 valence electrons. The first-order chi connectivity index (χ1) is 24.0. The summed E-state index contributed by atoms with van der Waals surface area (Å²) in [6, 6.07) is 10.3. The summed E-state index contributed by atoms with van der Waals surface area (Å²) in [5.41, 5.74) is -0.568. The Hall–Kier alpha value is -4.21. The average Bonchev–Trinajstić information content (AvgIpc) is 3.06. The third-order valence-corrected chi connectivity index (χ3v) is 7.47. The van der Waals surface area contributed by atoms with Crippen LogP contribution in [0.1, 0.15) is 54.5 Å². The van der Waals surface area contributed by atoms with Crippen molar-refractivity contribution in [1.29, 1.82) is 0 Å². The number of ether oxygens (including phenoxy) is 4. The summed E-state index contributed by atoms with van der Waals surface area (Å²) in [6.45, 7) is 5.01. The van der Waals surface area contributed by atoms with Crippen LogP contribution < -0.4 is 58.5 Å². The van der Waals surface area contributed by atoms with Gasteiger partial charge in [-0.15, -0.1) is 0 Å². The molecule has 0 spiro atoms. The van der Waals surface area contributed by atoms with E-state index in [0.29, 0.717) is 46.1 Å². The number of aryl methyl sites for hydroxylation is 1. The molecule has 0 unspecified atom stereocenters. The Morgan fingerprint density at radius 2 is 1.42 bits per heavy atom. The molecule has 0 aliphatic carbocycles. The average molecular weight is 744 g/mol. The maximum atomic E-state index is 13.8. The van der Waals surface area contributed by atoms with Crippen LogP contribution in [-0.2, 0) is 30.2 Å². The number of anilines is 1. The molecule has 1 heterocycles. The Morgan fingerprint density at radius 3 is 1.96 bits per heavy atom. The standard InChI is InChI=1S/C36H37F6N3O6.Na/c1-21(2)51-30-9-8-22(3)11-29(30)28-16-32(49-5)31(48-4)14-24(28)20-45(34-43-17-27(18-44-34)50-10-6-7-33(46)47)19-23-12-25(35(37,38)39)15-26(13-23)36(40,41)42;/h8-9,11-18,21H,6-7,10,19-20H2,1-5H3,(H,46,47);/q;+1/p-1. The Labute approximate surface area is 319 Å². The number of nitrogens with zero attached hydrogens (tertiary/aromatic N) is 3. The van der Waals surface area contributed by atoms with Crippen LogP contribution in [0.4, 0.5) is 32.3 Å². The number of carbonyl (C=O) groups excluding carboxylic acids is 1. The number of rotatable bonds is 15. The number of benzene rings is 3. The molecule has 4 rings (SSSR count). The van der Waals surface area contributed by atoms with E-state index in [4.69, 9.17) is 18.9 Å². The zero-order chi connectivity index (χ0) is 37.5. The molecule has 0 aliphatic rings. The molecule has 0 saturated carbocycles. The number of carbonyl (C=O) groups is 1. The van der Waals surface area contributed by atoms with E-state index in [0.717, 1.165) is 5.56 Å². The molecule has 9 nitrogen and oxygen atoms in total. The van der Waals surface area contributed by atoms with E-state index in [-0.39, 0.29) is 85.0 Å². The van der Waals surface area contributed by atoms with Crippen LogP contribution in [0.2, 0.25) is 0 Å². The van der Waals surface area contributed by atoms with Crippen molar-refractivity contribution in [2.75, 3.05) is 25.7 Å². The van der Waals surface area contributed by atoms with Gasteiger partial charge < -0.3 is 33.7 Å². The summed E-state index contributed by atoms with van der Waals surface area (Å²) in [7, 11) is 2.88. The van der Waals surface area contributed by atoms with Crippen LogP contribution in [0.5, 0.6) is 23.0 Å². The molecule has 16 heteroatoms. The summed E-state index contributed by atoms with van der Waals surface area (Å²) < 4.78 is 106. The van der Waals surface area contributed by atoms with E-state index in [2.05, 4.69) is 9.97 Å². The van der Waals surface area contributed by atoms with Gasteiger partial charge in [-0.05, 0) is 92.8 Å². The normalized spacial score (nSPS) is 11.5. The smallest absolute Gasteiger partial charge is 0.550 e. The van der Waals surface area contributed by atoms with Crippen LogP contribution in [0.3, 0.4) is 0 Å². The topological polar surface area (TPSA) is 106 Å². The summed E-state index contributed by atoms with van der Waals surface area (Å²) in [5.74, 6) is 0.0786. The van der Waals surface area contributed by atoms with E-state index >= 15 is 0 Å². The van der Waals surface area contributed by atoms with Crippen molar-refractivity contribution < 1.29 is 84.7 Å². The van der Waals surface area contributed by atoms with Crippen molar-refractivity contribution in [3.63, 3.8) is 0 Å². The molecule has 0 aliphatic heterocycles. The number of methoxy groups -OCH3 is 2. The second-order valence-corrected chi connectivity index (χ2v) is 11.8. The minimum absolute atomic E-state index is 0. The Balaban J connectivity index is 0.00000729. The van der Waals surface area contributed by atoms with Gasteiger partial charge in [0.2, 0.25) is 5.95 Å². The fourth-order valence-corrected chi connectivity index (χ4v) is 5.20. The number of halogens is 6. The number of hydrogen-bond donors (Lipinski definition) is 0. The maximum Gasteiger partial charge on any atom is 1.00 e. The Kier molecular flexibility index (Phi) is 14.6. The Bertz CT molecular complexity index is 1790. The number of carboxylic acids is 1. The third kappa shape index (κ3) is 11.4. The molecule has 3 aromatic carbocycles. The molecular weight excluding hydrogens is 707 g/mol. The molecule has 0 saturated heterocycles. The van der Waals surface area contributed by atoms with Crippen molar-refractivity contribution in [3.8, 4) is 34.1 Å². The molecule has 0 fully saturated rings. The van der Waals surface area contributed by atoms with Gasteiger partial charge in [-0.2, -0.15) is 26.3 Å². The minimum atomic E-state index is -5.05. The number of aliphatic carboxylic acids is 1. The van der Waals surface area contributed by atoms with Crippen LogP contribution in [-0.4, -0.2) is 42.9 Å². The molecule has 0 radical (unpaired) electrons. The number of hydrogen-bond acceptors (Lipinski definition) is 9. The Morgan fingerprint density at radius 1 is 0.827 bits per heavy atom. The van der Waals surface area contributed by atoms with E-state index in [9.17, 15) is 36.2 Å². The molecule has 0 bridgehead atoms. The van der Waals surface area contributed by atoms with E-state index < -0.39 is 36.0 Å². The molecule has 4 aromatic rings. The van der Waals surface area contributed by atoms with E-state index in [1.807, 2.05) is 32.9 Å². The van der Waals surface area contributed by atoms with Crippen LogP contribution in [0, 0.1) is 6.92 Å². The SMILES string of the molecule is COc1cc(CN(Cc2cc(C(F)(F)F)cc(C(F)(F)F)c2)c2ncc(OCCCC(=O)[O-])cn2)c(-c2cc(C)ccc2OC(C)C)cc1OC.[Na+]. The van der Waals surface area contributed by atoms with Gasteiger partial charge in [-0.3, -0.25) is 0 Å². The molecule has 1 aromatic heterocycles. The summed E-state index contributed by atoms with van der Waals surface area (Å²) >= 11 is 0. The molecular formula is C36H36F6N3NaO6. The van der Waals surface area contributed by atoms with E-state index in [1.165, 1.54) is 31.5 Å². The van der Waals surface area contributed by atoms with Gasteiger partial charge in [0, 0.05) is 24.6 Å². The first kappa shape index (κ1) is 42.2. The van der Waals surface area contributed by atoms with Crippen molar-refractivity contribution in [2.24, 2.45) is 0 Å². The summed E-state index contributed by atoms with van der Waals surface area (Å²) in [6.07, 6.45) is -7.86. The van der Waals surface area contributed by atoms with Gasteiger partial charge in [-0.25, -0.2) is 9.97 Å². The summed E-state index contributed by atoms with van der Waals surface area (Å²) in [4.78, 5) is 20.8. The fourth-order valence-electron chi connectivity index (χ4n) is 5.20. The number of aromatic nitrogens is 2. The summed E-state index contributed by atoms with van der Waals surface area (Å²) in [5, 5.41) is 10.7. The zero-order valence-electron chi connectivity index (χ0n) is 29.4. The van der Waals surface area contributed by atoms with Gasteiger partial charge in [0.05, 0.1) is 50.5 Å². The van der Waals surface area contributed by atoms with Crippen molar-refractivity contribution in [1.82, 2.24) is 9.97 Å². The number of carboxylic acid groups (broad SMARTS) is 1. The van der Waals surface area contributed by atoms with Crippen LogP contribution in [0.25, 0.3) is 11.1 Å². The molecule has 0 N–H and O–H groups in total.